The maximum Gasteiger partial charge on any atom is 0.240 e. The fourth-order valence-electron chi connectivity index (χ4n) is 1.68. The lowest BCUT2D eigenvalue weighted by Crippen LogP contribution is -1.95. The summed E-state index contributed by atoms with van der Waals surface area (Å²) in [5.74, 6) is 2.20. The molecule has 0 N–H and O–H groups in total. The molecule has 3 rings (SSSR count). The van der Waals surface area contributed by atoms with Gasteiger partial charge >= 0.3 is 0 Å². The molecule has 0 aliphatic rings. The van der Waals surface area contributed by atoms with Crippen molar-refractivity contribution in [3.05, 3.63) is 71.5 Å². The van der Waals surface area contributed by atoms with Crippen molar-refractivity contribution in [1.29, 1.82) is 0 Å². The SMILES string of the molecule is Brc1c(Oc2ccccc2)ncnc1Oc1ccccc1. The van der Waals surface area contributed by atoms with E-state index in [4.69, 9.17) is 9.47 Å². The van der Waals surface area contributed by atoms with Crippen LogP contribution in [0.3, 0.4) is 0 Å². The number of rotatable bonds is 4. The van der Waals surface area contributed by atoms with Crippen molar-refractivity contribution in [2.24, 2.45) is 0 Å². The highest BCUT2D eigenvalue weighted by molar-refractivity contribution is 9.10. The van der Waals surface area contributed by atoms with Gasteiger partial charge < -0.3 is 9.47 Å². The fourth-order valence-corrected chi connectivity index (χ4v) is 2.05. The molecule has 0 aliphatic heterocycles. The molecule has 4 nitrogen and oxygen atoms in total. The van der Waals surface area contributed by atoms with Gasteiger partial charge in [0.2, 0.25) is 11.8 Å². The monoisotopic (exact) mass is 342 g/mol. The molecule has 0 amide bonds. The van der Waals surface area contributed by atoms with Crippen molar-refractivity contribution in [3.8, 4) is 23.3 Å². The van der Waals surface area contributed by atoms with E-state index in [1.54, 1.807) is 0 Å². The van der Waals surface area contributed by atoms with Crippen LogP contribution in [0, 0.1) is 0 Å². The molecule has 0 bridgehead atoms. The summed E-state index contributed by atoms with van der Waals surface area (Å²) in [5, 5.41) is 0. The fraction of sp³-hybridized carbons (Fsp3) is 0. The Kier molecular flexibility index (Phi) is 4.12. The first-order valence-corrected chi connectivity index (χ1v) is 7.08. The van der Waals surface area contributed by atoms with Gasteiger partial charge in [0.1, 0.15) is 22.3 Å². The van der Waals surface area contributed by atoms with E-state index < -0.39 is 0 Å². The van der Waals surface area contributed by atoms with Crippen LogP contribution in [-0.4, -0.2) is 9.97 Å². The van der Waals surface area contributed by atoms with Gasteiger partial charge in [-0.3, -0.25) is 0 Å². The first-order chi connectivity index (χ1) is 10.3. The molecular weight excluding hydrogens is 332 g/mol. The minimum absolute atomic E-state index is 0.405. The average Bonchev–Trinajstić information content (AvgIpc) is 2.53. The van der Waals surface area contributed by atoms with E-state index in [0.29, 0.717) is 27.7 Å². The second-order valence-corrected chi connectivity index (χ2v) is 4.92. The molecule has 3 aromatic rings. The summed E-state index contributed by atoms with van der Waals surface area (Å²) in [6, 6.07) is 18.8. The smallest absolute Gasteiger partial charge is 0.240 e. The zero-order valence-electron chi connectivity index (χ0n) is 10.9. The van der Waals surface area contributed by atoms with Crippen LogP contribution in [0.2, 0.25) is 0 Å². The molecule has 1 heterocycles. The van der Waals surface area contributed by atoms with E-state index in [2.05, 4.69) is 25.9 Å². The van der Waals surface area contributed by atoms with Crippen molar-refractivity contribution in [2.45, 2.75) is 0 Å². The Hall–Kier alpha value is -2.40. The van der Waals surface area contributed by atoms with Crippen molar-refractivity contribution < 1.29 is 9.47 Å². The van der Waals surface area contributed by atoms with Crippen LogP contribution < -0.4 is 9.47 Å². The quantitative estimate of drug-likeness (QED) is 0.681. The Bertz CT molecular complexity index is 661. The lowest BCUT2D eigenvalue weighted by molar-refractivity contribution is 0.427. The topological polar surface area (TPSA) is 44.2 Å². The van der Waals surface area contributed by atoms with Gasteiger partial charge in [0.15, 0.2) is 0 Å². The molecule has 0 fully saturated rings. The molecule has 0 saturated heterocycles. The van der Waals surface area contributed by atoms with Crippen LogP contribution in [0.15, 0.2) is 71.5 Å². The third-order valence-electron chi connectivity index (χ3n) is 2.64. The summed E-state index contributed by atoms with van der Waals surface area (Å²) in [6.45, 7) is 0. The average molecular weight is 343 g/mol. The number of halogens is 1. The van der Waals surface area contributed by atoms with E-state index in [1.165, 1.54) is 6.33 Å². The van der Waals surface area contributed by atoms with Crippen LogP contribution in [0.25, 0.3) is 0 Å². The van der Waals surface area contributed by atoms with Crippen molar-refractivity contribution >= 4 is 15.9 Å². The van der Waals surface area contributed by atoms with Gasteiger partial charge in [0.25, 0.3) is 0 Å². The van der Waals surface area contributed by atoms with Gasteiger partial charge in [0, 0.05) is 0 Å². The normalized spacial score (nSPS) is 10.1. The maximum atomic E-state index is 5.71. The molecule has 0 atom stereocenters. The van der Waals surface area contributed by atoms with Crippen molar-refractivity contribution in [2.75, 3.05) is 0 Å². The number of aromatic nitrogens is 2. The van der Waals surface area contributed by atoms with Gasteiger partial charge in [-0.15, -0.1) is 0 Å². The number of ether oxygens (including phenoxy) is 2. The Morgan fingerprint density at radius 1 is 0.667 bits per heavy atom. The van der Waals surface area contributed by atoms with Gasteiger partial charge in [0.05, 0.1) is 0 Å². The number of hydrogen-bond donors (Lipinski definition) is 0. The van der Waals surface area contributed by atoms with Crippen LogP contribution >= 0.6 is 15.9 Å². The molecular formula is C16H11BrN2O2. The summed E-state index contributed by atoms with van der Waals surface area (Å²) in [7, 11) is 0. The molecule has 0 saturated carbocycles. The number of hydrogen-bond acceptors (Lipinski definition) is 4. The Balaban J connectivity index is 1.85. The van der Waals surface area contributed by atoms with E-state index in [9.17, 15) is 0 Å². The molecule has 0 radical (unpaired) electrons. The Labute approximate surface area is 130 Å². The standard InChI is InChI=1S/C16H11BrN2O2/c17-14-15(20-12-7-3-1-4-8-12)18-11-19-16(14)21-13-9-5-2-6-10-13/h1-11H. The van der Waals surface area contributed by atoms with Crippen LogP contribution in [0.5, 0.6) is 23.3 Å². The zero-order chi connectivity index (χ0) is 14.5. The molecule has 0 unspecified atom stereocenters. The molecule has 5 heteroatoms. The molecule has 104 valence electrons. The Morgan fingerprint density at radius 3 is 1.52 bits per heavy atom. The lowest BCUT2D eigenvalue weighted by Gasteiger charge is -2.10. The first-order valence-electron chi connectivity index (χ1n) is 6.29. The highest BCUT2D eigenvalue weighted by Gasteiger charge is 2.12. The van der Waals surface area contributed by atoms with Crippen molar-refractivity contribution in [3.63, 3.8) is 0 Å². The number of para-hydroxylation sites is 2. The summed E-state index contributed by atoms with van der Waals surface area (Å²) < 4.78 is 12.0. The summed E-state index contributed by atoms with van der Waals surface area (Å²) in [5.41, 5.74) is 0. The zero-order valence-corrected chi connectivity index (χ0v) is 12.5. The first kappa shape index (κ1) is 13.6. The second-order valence-electron chi connectivity index (χ2n) is 4.13. The van der Waals surface area contributed by atoms with Gasteiger partial charge in [-0.2, -0.15) is 0 Å². The van der Waals surface area contributed by atoms with E-state index in [0.717, 1.165) is 0 Å². The lowest BCUT2D eigenvalue weighted by atomic mass is 10.3. The van der Waals surface area contributed by atoms with Crippen LogP contribution in [0.4, 0.5) is 0 Å². The van der Waals surface area contributed by atoms with Gasteiger partial charge in [-0.05, 0) is 40.2 Å². The second kappa shape index (κ2) is 6.37. The summed E-state index contributed by atoms with van der Waals surface area (Å²) in [4.78, 5) is 8.23. The van der Waals surface area contributed by atoms with E-state index in [-0.39, 0.29) is 0 Å². The number of nitrogens with zero attached hydrogens (tertiary/aromatic N) is 2. The molecule has 0 aliphatic carbocycles. The predicted molar refractivity (Wildman–Crippen MR) is 82.8 cm³/mol. The molecule has 2 aromatic carbocycles. The van der Waals surface area contributed by atoms with Gasteiger partial charge in [-0.25, -0.2) is 9.97 Å². The largest absolute Gasteiger partial charge is 0.438 e. The highest BCUT2D eigenvalue weighted by atomic mass is 79.9. The third-order valence-corrected chi connectivity index (χ3v) is 3.32. The third kappa shape index (κ3) is 3.38. The summed E-state index contributed by atoms with van der Waals surface area (Å²) in [6.07, 6.45) is 1.40. The molecule has 21 heavy (non-hydrogen) atoms. The van der Waals surface area contributed by atoms with E-state index in [1.807, 2.05) is 60.7 Å². The maximum absolute atomic E-state index is 5.71. The van der Waals surface area contributed by atoms with Crippen LogP contribution in [-0.2, 0) is 0 Å². The molecule has 1 aromatic heterocycles. The molecule has 0 spiro atoms. The van der Waals surface area contributed by atoms with Crippen LogP contribution in [0.1, 0.15) is 0 Å². The van der Waals surface area contributed by atoms with Crippen molar-refractivity contribution in [1.82, 2.24) is 9.97 Å². The summed E-state index contributed by atoms with van der Waals surface area (Å²) >= 11 is 3.42. The minimum Gasteiger partial charge on any atom is -0.438 e. The minimum atomic E-state index is 0.405. The van der Waals surface area contributed by atoms with E-state index >= 15 is 0 Å². The predicted octanol–water partition coefficient (Wildman–Crippen LogP) is 4.82. The highest BCUT2D eigenvalue weighted by Crippen LogP contribution is 2.35. The number of benzene rings is 2. The van der Waals surface area contributed by atoms with Gasteiger partial charge in [-0.1, -0.05) is 36.4 Å². The Morgan fingerprint density at radius 2 is 1.10 bits per heavy atom.